The van der Waals surface area contributed by atoms with Crippen molar-refractivity contribution in [1.29, 1.82) is 0 Å². The number of aromatic amines is 1. The van der Waals surface area contributed by atoms with Crippen LogP contribution in [0.1, 0.15) is 0 Å². The number of benzene rings is 1. The van der Waals surface area contributed by atoms with E-state index in [0.717, 1.165) is 5.56 Å². The minimum Gasteiger partial charge on any atom is -0.259 e. The molecule has 0 saturated carbocycles. The lowest BCUT2D eigenvalue weighted by Crippen LogP contribution is -1.79. The van der Waals surface area contributed by atoms with Crippen molar-refractivity contribution in [2.24, 2.45) is 0 Å². The number of hydrogen-bond donors (Lipinski definition) is 1. The fourth-order valence-corrected chi connectivity index (χ4v) is 1.13. The van der Waals surface area contributed by atoms with Gasteiger partial charge in [0.25, 0.3) is 0 Å². The van der Waals surface area contributed by atoms with Crippen molar-refractivity contribution in [3.63, 3.8) is 0 Å². The number of halogens is 1. The third kappa shape index (κ3) is 1.31. The van der Waals surface area contributed by atoms with Gasteiger partial charge in [-0.25, -0.2) is 4.98 Å². The van der Waals surface area contributed by atoms with Crippen LogP contribution in [0, 0.1) is 6.33 Å². The molecule has 1 heterocycles. The first-order valence-corrected chi connectivity index (χ1v) is 3.78. The van der Waals surface area contributed by atoms with Crippen LogP contribution >= 0.6 is 11.6 Å². The number of nitrogens with one attached hydrogen (secondary N) is 1. The molecule has 0 bridgehead atoms. The van der Waals surface area contributed by atoms with E-state index in [9.17, 15) is 0 Å². The van der Waals surface area contributed by atoms with Crippen LogP contribution in [0.15, 0.2) is 24.3 Å². The van der Waals surface area contributed by atoms with Crippen LogP contribution < -0.4 is 0 Å². The molecule has 1 aromatic heterocycles. The molecule has 0 aliphatic rings. The largest absolute Gasteiger partial charge is 0.259 e. The maximum Gasteiger partial charge on any atom is 0.221 e. The highest BCUT2D eigenvalue weighted by Crippen LogP contribution is 2.17. The second-order valence-corrected chi connectivity index (χ2v) is 2.73. The Labute approximate surface area is 74.4 Å². The molecule has 0 spiro atoms. The van der Waals surface area contributed by atoms with Crippen molar-refractivity contribution in [3.8, 4) is 11.4 Å². The summed E-state index contributed by atoms with van der Waals surface area (Å²) < 4.78 is 0. The molecule has 0 fully saturated rings. The fourth-order valence-electron chi connectivity index (χ4n) is 0.943. The standard InChI is InChI=1S/C8H5ClN3/c9-7-3-1-2-6(4-7)8-10-5-11-12-8/h1-4H,(H,10,11,12). The molecular formula is C8H5ClN3. The van der Waals surface area contributed by atoms with Crippen LogP contribution in [0.4, 0.5) is 0 Å². The Morgan fingerprint density at radius 3 is 3.00 bits per heavy atom. The number of nitrogens with zero attached hydrogens (tertiary/aromatic N) is 2. The first-order chi connectivity index (χ1) is 5.86. The molecule has 4 heteroatoms. The monoisotopic (exact) mass is 178 g/mol. The van der Waals surface area contributed by atoms with Crippen LogP contribution in [0.3, 0.4) is 0 Å². The Morgan fingerprint density at radius 2 is 2.33 bits per heavy atom. The number of aromatic nitrogens is 3. The van der Waals surface area contributed by atoms with Gasteiger partial charge in [-0.15, -0.1) is 5.10 Å². The van der Waals surface area contributed by atoms with Crippen LogP contribution in [-0.2, 0) is 0 Å². The minimum atomic E-state index is 0.678. The van der Waals surface area contributed by atoms with Crippen LogP contribution in [0.5, 0.6) is 0 Å². The molecule has 0 aliphatic heterocycles. The maximum absolute atomic E-state index is 5.79. The van der Waals surface area contributed by atoms with Crippen molar-refractivity contribution in [2.45, 2.75) is 0 Å². The molecule has 2 aromatic rings. The van der Waals surface area contributed by atoms with E-state index in [1.54, 1.807) is 0 Å². The summed E-state index contributed by atoms with van der Waals surface area (Å²) in [5, 5.41) is 7.01. The van der Waals surface area contributed by atoms with E-state index in [4.69, 9.17) is 11.6 Å². The van der Waals surface area contributed by atoms with Crippen molar-refractivity contribution >= 4 is 11.6 Å². The van der Waals surface area contributed by atoms with Crippen molar-refractivity contribution in [3.05, 3.63) is 35.6 Å². The molecule has 1 N–H and O–H groups in total. The van der Waals surface area contributed by atoms with Crippen LogP contribution in [0.2, 0.25) is 5.02 Å². The minimum absolute atomic E-state index is 0.678. The van der Waals surface area contributed by atoms with Crippen LogP contribution in [-0.4, -0.2) is 15.2 Å². The lowest BCUT2D eigenvalue weighted by molar-refractivity contribution is 1.09. The predicted molar refractivity (Wildman–Crippen MR) is 45.7 cm³/mol. The summed E-state index contributed by atoms with van der Waals surface area (Å²) in [6.07, 6.45) is 2.45. The lowest BCUT2D eigenvalue weighted by Gasteiger charge is -1.94. The van der Waals surface area contributed by atoms with Gasteiger partial charge in [0.1, 0.15) is 0 Å². The van der Waals surface area contributed by atoms with E-state index in [0.29, 0.717) is 10.8 Å². The van der Waals surface area contributed by atoms with Crippen molar-refractivity contribution in [2.75, 3.05) is 0 Å². The summed E-state index contributed by atoms with van der Waals surface area (Å²) >= 11 is 5.79. The zero-order valence-electron chi connectivity index (χ0n) is 6.08. The summed E-state index contributed by atoms with van der Waals surface area (Å²) in [6.45, 7) is 0. The van der Waals surface area contributed by atoms with Gasteiger partial charge in [-0.1, -0.05) is 23.7 Å². The molecule has 12 heavy (non-hydrogen) atoms. The first kappa shape index (κ1) is 7.31. The highest BCUT2D eigenvalue weighted by atomic mass is 35.5. The average Bonchev–Trinajstić information content (AvgIpc) is 2.56. The molecule has 59 valence electrons. The molecule has 2 rings (SSSR count). The molecular weight excluding hydrogens is 174 g/mol. The molecule has 3 nitrogen and oxygen atoms in total. The van der Waals surface area contributed by atoms with Crippen LogP contribution in [0.25, 0.3) is 11.4 Å². The quantitative estimate of drug-likeness (QED) is 0.725. The second kappa shape index (κ2) is 2.95. The van der Waals surface area contributed by atoms with Crippen molar-refractivity contribution < 1.29 is 0 Å². The molecule has 0 aliphatic carbocycles. The van der Waals surface area contributed by atoms with E-state index < -0.39 is 0 Å². The maximum atomic E-state index is 5.79. The Hall–Kier alpha value is -1.35. The second-order valence-electron chi connectivity index (χ2n) is 2.29. The summed E-state index contributed by atoms with van der Waals surface area (Å²) in [4.78, 5) is 3.88. The van der Waals surface area contributed by atoms with Gasteiger partial charge in [0.15, 0.2) is 5.82 Å². The van der Waals surface area contributed by atoms with Gasteiger partial charge >= 0.3 is 0 Å². The van der Waals surface area contributed by atoms with Crippen molar-refractivity contribution in [1.82, 2.24) is 15.2 Å². The van der Waals surface area contributed by atoms with E-state index in [1.807, 2.05) is 24.3 Å². The molecule has 1 radical (unpaired) electrons. The first-order valence-electron chi connectivity index (χ1n) is 3.40. The van der Waals surface area contributed by atoms with Gasteiger partial charge in [-0.05, 0) is 12.1 Å². The Morgan fingerprint density at radius 1 is 1.42 bits per heavy atom. The van der Waals surface area contributed by atoms with Gasteiger partial charge < -0.3 is 0 Å². The highest BCUT2D eigenvalue weighted by Gasteiger charge is 1.99. The summed E-state index contributed by atoms with van der Waals surface area (Å²) in [6, 6.07) is 7.39. The van der Waals surface area contributed by atoms with E-state index in [2.05, 4.69) is 21.5 Å². The molecule has 0 saturated heterocycles. The zero-order valence-corrected chi connectivity index (χ0v) is 6.84. The molecule has 0 unspecified atom stereocenters. The van der Waals surface area contributed by atoms with Gasteiger partial charge in [-0.3, -0.25) is 5.10 Å². The summed E-state index contributed by atoms with van der Waals surface area (Å²) in [7, 11) is 0. The topological polar surface area (TPSA) is 41.6 Å². The van der Waals surface area contributed by atoms with Gasteiger partial charge in [0, 0.05) is 10.6 Å². The number of hydrogen-bond acceptors (Lipinski definition) is 2. The summed E-state index contributed by atoms with van der Waals surface area (Å²) in [5.41, 5.74) is 0.913. The Kier molecular flexibility index (Phi) is 1.80. The predicted octanol–water partition coefficient (Wildman–Crippen LogP) is 1.93. The van der Waals surface area contributed by atoms with Gasteiger partial charge in [-0.2, -0.15) is 0 Å². The summed E-state index contributed by atoms with van der Waals surface area (Å²) in [5.74, 6) is 0.678. The highest BCUT2D eigenvalue weighted by molar-refractivity contribution is 6.30. The third-order valence-corrected chi connectivity index (χ3v) is 1.71. The average molecular weight is 179 g/mol. The molecule has 0 amide bonds. The molecule has 0 atom stereocenters. The lowest BCUT2D eigenvalue weighted by atomic mass is 10.2. The number of H-pyrrole nitrogens is 1. The smallest absolute Gasteiger partial charge is 0.221 e. The van der Waals surface area contributed by atoms with E-state index in [-0.39, 0.29) is 0 Å². The fraction of sp³-hybridized carbons (Fsp3) is 0. The van der Waals surface area contributed by atoms with E-state index in [1.165, 1.54) is 0 Å². The Balaban J connectivity index is 2.48. The SMILES string of the molecule is Clc1cccc(-c2n[c]n[nH]2)c1. The zero-order chi connectivity index (χ0) is 8.39. The Bertz CT molecular complexity index is 370. The van der Waals surface area contributed by atoms with Gasteiger partial charge in [0.2, 0.25) is 6.33 Å². The van der Waals surface area contributed by atoms with Gasteiger partial charge in [0.05, 0.1) is 0 Å². The van der Waals surface area contributed by atoms with E-state index >= 15 is 0 Å². The normalized spacial score (nSPS) is 10.1. The number of rotatable bonds is 1. The molecule has 1 aromatic carbocycles. The third-order valence-electron chi connectivity index (χ3n) is 1.47.